The molecule has 0 amide bonds. The SMILES string of the molecule is OCC(C1=CC=CC1)C1=CC=CC1.[Zr]. The van der Waals surface area contributed by atoms with Crippen LogP contribution in [0.15, 0.2) is 47.6 Å². The summed E-state index contributed by atoms with van der Waals surface area (Å²) >= 11 is 0. The molecular weight excluding hydrogens is 251 g/mol. The standard InChI is InChI=1S/C12H14O.Zr/c13-9-12(10-5-1-2-6-10)11-7-3-4-8-11;/h1-5,7,12-13H,6,8-9H2;. The summed E-state index contributed by atoms with van der Waals surface area (Å²) in [6.07, 6.45) is 14.7. The molecule has 2 aliphatic carbocycles. The Hall–Kier alpha value is -0.197. The summed E-state index contributed by atoms with van der Waals surface area (Å²) < 4.78 is 0. The van der Waals surface area contributed by atoms with Crippen molar-refractivity contribution in [3.63, 3.8) is 0 Å². The molecule has 14 heavy (non-hydrogen) atoms. The number of allylic oxidation sites excluding steroid dienone is 6. The Bertz CT molecular complexity index is 280. The first-order valence-corrected chi connectivity index (χ1v) is 4.74. The molecule has 0 saturated heterocycles. The van der Waals surface area contributed by atoms with Crippen molar-refractivity contribution >= 4 is 0 Å². The zero-order valence-electron chi connectivity index (χ0n) is 8.11. The predicted octanol–water partition coefficient (Wildman–Crippen LogP) is 2.37. The summed E-state index contributed by atoms with van der Waals surface area (Å²) in [5.74, 6) is 0.255. The van der Waals surface area contributed by atoms with E-state index in [1.807, 2.05) is 0 Å². The molecule has 0 aliphatic heterocycles. The molecule has 1 nitrogen and oxygen atoms in total. The minimum Gasteiger partial charge on any atom is -0.395 e. The summed E-state index contributed by atoms with van der Waals surface area (Å²) in [5, 5.41) is 9.31. The van der Waals surface area contributed by atoms with Crippen LogP contribution in [0.3, 0.4) is 0 Å². The van der Waals surface area contributed by atoms with Gasteiger partial charge in [0.15, 0.2) is 0 Å². The summed E-state index contributed by atoms with van der Waals surface area (Å²) in [5.41, 5.74) is 2.69. The van der Waals surface area contributed by atoms with Gasteiger partial charge < -0.3 is 5.11 Å². The minimum atomic E-state index is 0. The van der Waals surface area contributed by atoms with E-state index in [-0.39, 0.29) is 38.7 Å². The van der Waals surface area contributed by atoms with Gasteiger partial charge in [0, 0.05) is 32.1 Å². The van der Waals surface area contributed by atoms with Crippen LogP contribution in [0.4, 0.5) is 0 Å². The van der Waals surface area contributed by atoms with Gasteiger partial charge in [-0.15, -0.1) is 0 Å². The molecule has 0 aromatic heterocycles. The zero-order chi connectivity index (χ0) is 9.10. The van der Waals surface area contributed by atoms with Gasteiger partial charge in [-0.05, 0) is 12.8 Å². The summed E-state index contributed by atoms with van der Waals surface area (Å²) in [6.45, 7) is 0.237. The molecule has 0 saturated carbocycles. The van der Waals surface area contributed by atoms with Gasteiger partial charge in [0.2, 0.25) is 0 Å². The van der Waals surface area contributed by atoms with Gasteiger partial charge in [0.1, 0.15) is 0 Å². The first-order valence-electron chi connectivity index (χ1n) is 4.74. The van der Waals surface area contributed by atoms with Gasteiger partial charge in [-0.2, -0.15) is 0 Å². The summed E-state index contributed by atoms with van der Waals surface area (Å²) in [7, 11) is 0. The molecule has 72 valence electrons. The average molecular weight is 265 g/mol. The van der Waals surface area contributed by atoms with E-state index in [0.29, 0.717) is 0 Å². The largest absolute Gasteiger partial charge is 0.395 e. The van der Waals surface area contributed by atoms with E-state index in [2.05, 4.69) is 36.5 Å². The summed E-state index contributed by atoms with van der Waals surface area (Å²) in [6, 6.07) is 0. The number of aliphatic hydroxyl groups is 1. The summed E-state index contributed by atoms with van der Waals surface area (Å²) in [4.78, 5) is 0. The van der Waals surface area contributed by atoms with Crippen molar-refractivity contribution < 1.29 is 31.3 Å². The van der Waals surface area contributed by atoms with E-state index < -0.39 is 0 Å². The Balaban J connectivity index is 0.000000980. The van der Waals surface area contributed by atoms with Crippen LogP contribution in [0.25, 0.3) is 0 Å². The van der Waals surface area contributed by atoms with E-state index in [1.54, 1.807) is 0 Å². The zero-order valence-corrected chi connectivity index (χ0v) is 10.6. The van der Waals surface area contributed by atoms with Crippen molar-refractivity contribution in [3.05, 3.63) is 47.6 Å². The smallest absolute Gasteiger partial charge is 0.0534 e. The van der Waals surface area contributed by atoms with E-state index in [0.717, 1.165) is 12.8 Å². The Morgan fingerprint density at radius 3 is 1.86 bits per heavy atom. The van der Waals surface area contributed by atoms with Crippen LogP contribution < -0.4 is 0 Å². The van der Waals surface area contributed by atoms with Gasteiger partial charge >= 0.3 is 0 Å². The Morgan fingerprint density at radius 1 is 1.07 bits per heavy atom. The van der Waals surface area contributed by atoms with E-state index in [1.165, 1.54) is 11.1 Å². The number of hydrogen-bond acceptors (Lipinski definition) is 1. The molecule has 0 fully saturated rings. The van der Waals surface area contributed by atoms with Crippen molar-refractivity contribution in [2.45, 2.75) is 12.8 Å². The first-order chi connectivity index (χ1) is 6.42. The van der Waals surface area contributed by atoms with Gasteiger partial charge in [0.05, 0.1) is 6.61 Å². The molecular formula is C12H14OZr. The van der Waals surface area contributed by atoms with Crippen molar-refractivity contribution in [2.24, 2.45) is 5.92 Å². The maximum Gasteiger partial charge on any atom is 0.0534 e. The van der Waals surface area contributed by atoms with Crippen LogP contribution in [0.5, 0.6) is 0 Å². The maximum atomic E-state index is 9.31. The fraction of sp³-hybridized carbons (Fsp3) is 0.333. The predicted molar refractivity (Wildman–Crippen MR) is 54.3 cm³/mol. The van der Waals surface area contributed by atoms with Crippen LogP contribution >= 0.6 is 0 Å². The number of aliphatic hydroxyl groups excluding tert-OH is 1. The van der Waals surface area contributed by atoms with Crippen LogP contribution in [0.1, 0.15) is 12.8 Å². The molecule has 0 bridgehead atoms. The van der Waals surface area contributed by atoms with Crippen LogP contribution in [0.2, 0.25) is 0 Å². The Labute approximate surface area is 104 Å². The number of hydrogen-bond donors (Lipinski definition) is 1. The second kappa shape index (κ2) is 5.63. The van der Waals surface area contributed by atoms with E-state index in [9.17, 15) is 5.11 Å². The van der Waals surface area contributed by atoms with Gasteiger partial charge in [0.25, 0.3) is 0 Å². The Morgan fingerprint density at radius 2 is 1.57 bits per heavy atom. The topological polar surface area (TPSA) is 20.2 Å². The molecule has 0 aromatic carbocycles. The normalized spacial score (nSPS) is 18.4. The van der Waals surface area contributed by atoms with Gasteiger partial charge in [-0.3, -0.25) is 0 Å². The minimum absolute atomic E-state index is 0. The van der Waals surface area contributed by atoms with Crippen LogP contribution in [-0.2, 0) is 26.2 Å². The molecule has 0 aromatic rings. The molecule has 0 spiro atoms. The van der Waals surface area contributed by atoms with E-state index >= 15 is 0 Å². The Kier molecular flexibility index (Phi) is 4.77. The fourth-order valence-electron chi connectivity index (χ4n) is 1.92. The third kappa shape index (κ3) is 2.43. The number of rotatable bonds is 3. The van der Waals surface area contributed by atoms with E-state index in [4.69, 9.17) is 0 Å². The molecule has 0 heterocycles. The maximum absolute atomic E-state index is 9.31. The van der Waals surface area contributed by atoms with Crippen LogP contribution in [0, 0.1) is 5.92 Å². The van der Waals surface area contributed by atoms with Gasteiger partial charge in [-0.1, -0.05) is 47.6 Å². The first kappa shape index (κ1) is 11.9. The van der Waals surface area contributed by atoms with Crippen molar-refractivity contribution in [3.8, 4) is 0 Å². The monoisotopic (exact) mass is 264 g/mol. The molecule has 0 unspecified atom stereocenters. The third-order valence-corrected chi connectivity index (χ3v) is 2.68. The molecule has 2 aliphatic rings. The van der Waals surface area contributed by atoms with Crippen molar-refractivity contribution in [1.82, 2.24) is 0 Å². The van der Waals surface area contributed by atoms with Crippen LogP contribution in [-0.4, -0.2) is 11.7 Å². The fourth-order valence-corrected chi connectivity index (χ4v) is 1.92. The van der Waals surface area contributed by atoms with Crippen molar-refractivity contribution in [2.75, 3.05) is 6.61 Å². The quantitative estimate of drug-likeness (QED) is 0.830. The molecule has 0 atom stereocenters. The second-order valence-electron chi connectivity index (χ2n) is 3.48. The third-order valence-electron chi connectivity index (χ3n) is 2.68. The average Bonchev–Trinajstić information content (AvgIpc) is 2.76. The van der Waals surface area contributed by atoms with Gasteiger partial charge in [-0.25, -0.2) is 0 Å². The van der Waals surface area contributed by atoms with Crippen molar-refractivity contribution in [1.29, 1.82) is 0 Å². The molecule has 2 rings (SSSR count). The molecule has 1 N–H and O–H groups in total. The molecule has 0 radical (unpaired) electrons. The second-order valence-corrected chi connectivity index (χ2v) is 3.48. The molecule has 2 heteroatoms.